The average Bonchev–Trinajstić information content (AvgIpc) is 2.74. The number of aliphatic hydroxyl groups is 1. The number of hydrogen-bond donors (Lipinski definition) is 1. The van der Waals surface area contributed by atoms with Gasteiger partial charge in [-0.15, -0.1) is 0 Å². The lowest BCUT2D eigenvalue weighted by Gasteiger charge is -2.11. The smallest absolute Gasteiger partial charge is 0.158 e. The van der Waals surface area contributed by atoms with Crippen LogP contribution in [0, 0.1) is 12.8 Å². The van der Waals surface area contributed by atoms with Gasteiger partial charge in [0.25, 0.3) is 0 Å². The molecule has 0 aliphatic rings. The van der Waals surface area contributed by atoms with Gasteiger partial charge in [0.05, 0.1) is 0 Å². The highest BCUT2D eigenvalue weighted by Crippen LogP contribution is 2.14. The van der Waals surface area contributed by atoms with Gasteiger partial charge in [0, 0.05) is 5.92 Å². The third-order valence-electron chi connectivity index (χ3n) is 5.29. The van der Waals surface area contributed by atoms with Gasteiger partial charge < -0.3 is 5.11 Å². The van der Waals surface area contributed by atoms with E-state index in [0.29, 0.717) is 5.92 Å². The van der Waals surface area contributed by atoms with Crippen molar-refractivity contribution >= 4 is 11.6 Å². The van der Waals surface area contributed by atoms with Crippen LogP contribution >= 0.6 is 0 Å². The Balaban J connectivity index is 0.000000436. The van der Waals surface area contributed by atoms with Crippen molar-refractivity contribution in [3.63, 3.8) is 0 Å². The van der Waals surface area contributed by atoms with Crippen molar-refractivity contribution in [3.8, 4) is 0 Å². The molecule has 3 nitrogen and oxygen atoms in total. The van der Waals surface area contributed by atoms with E-state index in [4.69, 9.17) is 5.11 Å². The van der Waals surface area contributed by atoms with Gasteiger partial charge >= 0.3 is 0 Å². The van der Waals surface area contributed by atoms with Gasteiger partial charge in [0.1, 0.15) is 11.9 Å². The molecule has 1 N–H and O–H groups in total. The second kappa shape index (κ2) is 15.5. The van der Waals surface area contributed by atoms with Gasteiger partial charge in [-0.25, -0.2) is 0 Å². The van der Waals surface area contributed by atoms with Crippen LogP contribution in [0.25, 0.3) is 0 Å². The second-order valence-electron chi connectivity index (χ2n) is 8.39. The topological polar surface area (TPSA) is 54.4 Å². The summed E-state index contributed by atoms with van der Waals surface area (Å²) in [5.74, 6) is -0.441. The van der Waals surface area contributed by atoms with E-state index in [9.17, 15) is 9.59 Å². The Morgan fingerprint density at radius 1 is 0.839 bits per heavy atom. The maximum Gasteiger partial charge on any atom is 0.158 e. The predicted molar refractivity (Wildman–Crippen MR) is 132 cm³/mol. The van der Waals surface area contributed by atoms with Gasteiger partial charge in [0.2, 0.25) is 0 Å². The van der Waals surface area contributed by atoms with Crippen LogP contribution in [0.4, 0.5) is 0 Å². The van der Waals surface area contributed by atoms with Crippen LogP contribution in [0.3, 0.4) is 0 Å². The lowest BCUT2D eigenvalue weighted by atomic mass is 9.98. The number of rotatable bonds is 7. The molecule has 0 amide bonds. The lowest BCUT2D eigenvalue weighted by molar-refractivity contribution is -0.134. The number of aliphatic hydroxyl groups excluding tert-OH is 1. The molecule has 0 spiro atoms. The molecule has 2 aromatic carbocycles. The molecule has 0 fully saturated rings. The summed E-state index contributed by atoms with van der Waals surface area (Å²) in [7, 11) is 0. The number of aryl methyl sites for hydroxylation is 3. The van der Waals surface area contributed by atoms with E-state index in [0.717, 1.165) is 6.42 Å². The average molecular weight is 427 g/mol. The minimum atomic E-state index is -1.13. The fourth-order valence-electron chi connectivity index (χ4n) is 2.94. The van der Waals surface area contributed by atoms with E-state index in [1.807, 2.05) is 0 Å². The molecule has 0 aliphatic carbocycles. The van der Waals surface area contributed by atoms with Crippen molar-refractivity contribution in [1.29, 1.82) is 0 Å². The summed E-state index contributed by atoms with van der Waals surface area (Å²) in [6.07, 6.45) is 2.51. The van der Waals surface area contributed by atoms with E-state index < -0.39 is 12.0 Å². The SMILES string of the molecule is CC(=O)C(C)C(O)C(C)=O.CCCc1ccccc1CC.Cc1ccc(C(C)C)cc1. The Labute approximate surface area is 189 Å². The standard InChI is InChI=1S/C11H16.C10H14.C7H12O3/c1-3-7-11-9-6-5-8-10(11)4-2;1-8(2)10-6-4-9(3)5-7-10;1-4(5(2)8)7(10)6(3)9/h5-6,8-9H,3-4,7H2,1-2H3;4-8H,1-3H3;4,7,10H,1-3H3. The molecule has 2 aromatic rings. The number of benzene rings is 2. The van der Waals surface area contributed by atoms with Gasteiger partial charge in [0.15, 0.2) is 5.78 Å². The third-order valence-corrected chi connectivity index (χ3v) is 5.29. The molecule has 31 heavy (non-hydrogen) atoms. The first kappa shape index (κ1) is 28.7. The highest BCUT2D eigenvalue weighted by molar-refractivity contribution is 5.88. The summed E-state index contributed by atoms with van der Waals surface area (Å²) < 4.78 is 0. The van der Waals surface area contributed by atoms with Crippen LogP contribution in [0.1, 0.15) is 83.1 Å². The summed E-state index contributed by atoms with van der Waals surface area (Å²) in [4.78, 5) is 21.1. The number of carbonyl (C=O) groups is 2. The van der Waals surface area contributed by atoms with Crippen LogP contribution in [0.15, 0.2) is 48.5 Å². The van der Waals surface area contributed by atoms with Crippen LogP contribution in [-0.2, 0) is 22.4 Å². The molecule has 3 heteroatoms. The summed E-state index contributed by atoms with van der Waals surface area (Å²) >= 11 is 0. The highest BCUT2D eigenvalue weighted by atomic mass is 16.3. The van der Waals surface area contributed by atoms with Crippen LogP contribution in [-0.4, -0.2) is 22.8 Å². The molecule has 0 radical (unpaired) electrons. The lowest BCUT2D eigenvalue weighted by Crippen LogP contribution is -2.29. The number of carbonyl (C=O) groups excluding carboxylic acids is 2. The van der Waals surface area contributed by atoms with Crippen molar-refractivity contribution in [2.75, 3.05) is 0 Å². The first-order valence-corrected chi connectivity index (χ1v) is 11.4. The maximum absolute atomic E-state index is 10.6. The molecule has 2 rings (SSSR count). The summed E-state index contributed by atoms with van der Waals surface area (Å²) in [6.45, 7) is 15.1. The minimum Gasteiger partial charge on any atom is -0.385 e. The molecule has 0 saturated carbocycles. The van der Waals surface area contributed by atoms with Gasteiger partial charge in [-0.05, 0) is 56.2 Å². The first-order chi connectivity index (χ1) is 14.5. The highest BCUT2D eigenvalue weighted by Gasteiger charge is 2.21. The van der Waals surface area contributed by atoms with Gasteiger partial charge in [-0.1, -0.05) is 95.1 Å². The van der Waals surface area contributed by atoms with Crippen molar-refractivity contribution < 1.29 is 14.7 Å². The Kier molecular flexibility index (Phi) is 14.4. The molecule has 2 atom stereocenters. The predicted octanol–water partition coefficient (Wildman–Crippen LogP) is 6.48. The number of Topliss-reactive ketones (excluding diaryl/α,β-unsaturated/α-hetero) is 2. The van der Waals surface area contributed by atoms with E-state index >= 15 is 0 Å². The second-order valence-corrected chi connectivity index (χ2v) is 8.39. The summed E-state index contributed by atoms with van der Waals surface area (Å²) in [5.41, 5.74) is 5.79. The molecule has 0 saturated heterocycles. The Bertz CT molecular complexity index is 757. The molecular formula is C28H42O3. The molecule has 172 valence electrons. The summed E-state index contributed by atoms with van der Waals surface area (Å²) in [5, 5.41) is 9.00. The van der Waals surface area contributed by atoms with E-state index in [-0.39, 0.29) is 11.6 Å². The van der Waals surface area contributed by atoms with E-state index in [1.54, 1.807) is 0 Å². The zero-order chi connectivity index (χ0) is 24.0. The van der Waals surface area contributed by atoms with Crippen molar-refractivity contribution in [2.24, 2.45) is 5.92 Å². The number of hydrogen-bond acceptors (Lipinski definition) is 3. The Hall–Kier alpha value is -2.26. The fraction of sp³-hybridized carbons (Fsp3) is 0.500. The molecular weight excluding hydrogens is 384 g/mol. The van der Waals surface area contributed by atoms with Crippen LogP contribution in [0.2, 0.25) is 0 Å². The fourth-order valence-corrected chi connectivity index (χ4v) is 2.94. The van der Waals surface area contributed by atoms with Crippen LogP contribution < -0.4 is 0 Å². The van der Waals surface area contributed by atoms with Crippen molar-refractivity contribution in [1.82, 2.24) is 0 Å². The summed E-state index contributed by atoms with van der Waals surface area (Å²) in [6, 6.07) is 17.4. The number of ketones is 2. The largest absolute Gasteiger partial charge is 0.385 e. The monoisotopic (exact) mass is 426 g/mol. The Morgan fingerprint density at radius 3 is 1.71 bits per heavy atom. The van der Waals surface area contributed by atoms with Crippen LogP contribution in [0.5, 0.6) is 0 Å². The normalized spacial score (nSPS) is 12.1. The minimum absolute atomic E-state index is 0.164. The molecule has 0 heterocycles. The third kappa shape index (κ3) is 11.6. The van der Waals surface area contributed by atoms with Gasteiger partial charge in [-0.2, -0.15) is 0 Å². The molecule has 0 bridgehead atoms. The maximum atomic E-state index is 10.6. The zero-order valence-electron chi connectivity index (χ0n) is 20.7. The van der Waals surface area contributed by atoms with E-state index in [2.05, 4.69) is 83.1 Å². The zero-order valence-corrected chi connectivity index (χ0v) is 20.7. The quantitative estimate of drug-likeness (QED) is 0.551. The molecule has 2 unspecified atom stereocenters. The molecule has 0 aromatic heterocycles. The van der Waals surface area contributed by atoms with Gasteiger partial charge in [-0.3, -0.25) is 9.59 Å². The first-order valence-electron chi connectivity index (χ1n) is 11.4. The van der Waals surface area contributed by atoms with Crippen molar-refractivity contribution in [2.45, 2.75) is 86.7 Å². The van der Waals surface area contributed by atoms with Crippen molar-refractivity contribution in [3.05, 3.63) is 70.8 Å². The Morgan fingerprint density at radius 2 is 1.35 bits per heavy atom. The molecule has 0 aliphatic heterocycles. The van der Waals surface area contributed by atoms with E-state index in [1.165, 1.54) is 55.9 Å².